The third kappa shape index (κ3) is 3.27. The van der Waals surface area contributed by atoms with Gasteiger partial charge in [0.1, 0.15) is 7.05 Å². The quantitative estimate of drug-likeness (QED) is 0.473. The Morgan fingerprint density at radius 3 is 2.37 bits per heavy atom. The third-order valence-corrected chi connectivity index (χ3v) is 6.69. The fourth-order valence-corrected chi connectivity index (χ4v) is 4.90. The zero-order valence-electron chi connectivity index (χ0n) is 17.6. The molecule has 2 atom stereocenters. The van der Waals surface area contributed by atoms with Gasteiger partial charge in [-0.3, -0.25) is 4.99 Å². The number of likely N-dealkylation sites (N-methyl/N-ethyl adjacent to an activating group) is 1. The lowest BCUT2D eigenvalue weighted by Crippen LogP contribution is -2.37. The van der Waals surface area contributed by atoms with Crippen molar-refractivity contribution in [3.8, 4) is 0 Å². The van der Waals surface area contributed by atoms with Gasteiger partial charge in [0.2, 0.25) is 5.71 Å². The molecule has 1 aliphatic rings. The predicted molar refractivity (Wildman–Crippen MR) is 122 cm³/mol. The number of thioether (sulfide) groups is 1. The molecule has 2 aromatic rings. The first-order valence-electron chi connectivity index (χ1n) is 9.59. The highest BCUT2D eigenvalue weighted by atomic mass is 32.2. The highest BCUT2D eigenvalue weighted by Crippen LogP contribution is 2.42. The van der Waals surface area contributed by atoms with E-state index in [2.05, 4.69) is 94.5 Å². The predicted octanol–water partition coefficient (Wildman–Crippen LogP) is 5.98. The van der Waals surface area contributed by atoms with Gasteiger partial charge in [-0.05, 0) is 53.3 Å². The maximum atomic E-state index is 4.09. The van der Waals surface area contributed by atoms with Crippen molar-refractivity contribution in [2.75, 3.05) is 13.3 Å². The van der Waals surface area contributed by atoms with Crippen LogP contribution in [-0.2, 0) is 5.41 Å². The highest BCUT2D eigenvalue weighted by Gasteiger charge is 2.38. The van der Waals surface area contributed by atoms with Crippen LogP contribution in [0, 0.1) is 0 Å². The topological polar surface area (TPSA) is 15.4 Å². The number of hydrogen-bond acceptors (Lipinski definition) is 2. The molecule has 0 bridgehead atoms. The minimum Gasteiger partial charge on any atom is -0.271 e. The van der Waals surface area contributed by atoms with Crippen LogP contribution in [-0.4, -0.2) is 36.4 Å². The summed E-state index contributed by atoms with van der Waals surface area (Å²) in [6.45, 7) is 15.3. The fourth-order valence-electron chi connectivity index (χ4n) is 4.27. The molecule has 0 saturated carbocycles. The molecule has 0 N–H and O–H groups in total. The van der Waals surface area contributed by atoms with E-state index in [0.29, 0.717) is 12.0 Å². The number of hydrogen-bond donors (Lipinski definition) is 0. The zero-order valence-corrected chi connectivity index (χ0v) is 18.4. The van der Waals surface area contributed by atoms with Gasteiger partial charge in [-0.2, -0.15) is 0 Å². The van der Waals surface area contributed by atoms with E-state index in [1.54, 1.807) is 11.8 Å². The summed E-state index contributed by atoms with van der Waals surface area (Å²) < 4.78 is 2.42. The van der Waals surface area contributed by atoms with Crippen molar-refractivity contribution < 1.29 is 4.58 Å². The average Bonchev–Trinajstić information content (AvgIpc) is 2.63. The Bertz CT molecular complexity index is 960. The number of aliphatic imine (C=N–C) groups is 1. The van der Waals surface area contributed by atoms with Crippen molar-refractivity contribution in [3.05, 3.63) is 58.1 Å². The summed E-state index contributed by atoms with van der Waals surface area (Å²) in [4.78, 5) is 5.26. The summed E-state index contributed by atoms with van der Waals surface area (Å²) in [7, 11) is 2.21. The highest BCUT2D eigenvalue weighted by molar-refractivity contribution is 8.03. The third-order valence-electron chi connectivity index (χ3n) is 5.95. The smallest absolute Gasteiger partial charge is 0.222 e. The molecule has 0 spiro atoms. The van der Waals surface area contributed by atoms with Crippen molar-refractivity contribution in [2.45, 2.75) is 52.0 Å². The normalized spacial score (nSPS) is 20.8. The second-order valence-corrected chi connectivity index (χ2v) is 9.40. The van der Waals surface area contributed by atoms with Gasteiger partial charge in [-0.25, -0.2) is 4.58 Å². The maximum Gasteiger partial charge on any atom is 0.222 e. The van der Waals surface area contributed by atoms with Crippen molar-refractivity contribution in [2.24, 2.45) is 4.99 Å². The van der Waals surface area contributed by atoms with Crippen molar-refractivity contribution in [1.82, 2.24) is 0 Å². The largest absolute Gasteiger partial charge is 0.271 e. The maximum absolute atomic E-state index is 4.09. The molecule has 3 rings (SSSR count). The summed E-state index contributed by atoms with van der Waals surface area (Å²) in [6.07, 6.45) is 4.01. The molecule has 0 radical (unpaired) electrons. The molecule has 2 aromatic carbocycles. The monoisotopic (exact) mass is 379 g/mol. The molecule has 2 nitrogen and oxygen atoms in total. The Kier molecular flexibility index (Phi) is 5.36. The molecule has 3 heteroatoms. The molecule has 0 aliphatic carbocycles. The van der Waals surface area contributed by atoms with Gasteiger partial charge >= 0.3 is 0 Å². The second kappa shape index (κ2) is 7.27. The second-order valence-electron chi connectivity index (χ2n) is 8.55. The van der Waals surface area contributed by atoms with E-state index in [1.165, 1.54) is 38.1 Å². The first-order chi connectivity index (χ1) is 12.7. The fraction of sp³-hybridized carbons (Fsp3) is 0.417. The first kappa shape index (κ1) is 19.9. The minimum atomic E-state index is 0.0739. The van der Waals surface area contributed by atoms with Crippen LogP contribution in [0.1, 0.15) is 57.2 Å². The van der Waals surface area contributed by atoms with Gasteiger partial charge < -0.3 is 0 Å². The number of fused-ring (bicyclic) bond motifs is 3. The number of rotatable bonds is 3. The average molecular weight is 380 g/mol. The Labute approximate surface area is 168 Å². The SMILES string of the molecule is C=N/C=C(/SC)C1=[N+](C)C(C)C(C)c2c1cc(C(C)(C)C)c1ccccc21. The molecule has 0 saturated heterocycles. The van der Waals surface area contributed by atoms with E-state index < -0.39 is 0 Å². The molecule has 0 amide bonds. The van der Waals surface area contributed by atoms with E-state index in [9.17, 15) is 0 Å². The van der Waals surface area contributed by atoms with Crippen LogP contribution in [0.5, 0.6) is 0 Å². The van der Waals surface area contributed by atoms with Gasteiger partial charge in [-0.15, -0.1) is 11.8 Å². The van der Waals surface area contributed by atoms with Gasteiger partial charge in [0, 0.05) is 12.1 Å². The Morgan fingerprint density at radius 2 is 1.81 bits per heavy atom. The van der Waals surface area contributed by atoms with Gasteiger partial charge in [0.05, 0.1) is 10.5 Å². The summed E-state index contributed by atoms with van der Waals surface area (Å²) in [5, 5.41) is 2.76. The van der Waals surface area contributed by atoms with Crippen LogP contribution in [0.3, 0.4) is 0 Å². The van der Waals surface area contributed by atoms with Crippen LogP contribution < -0.4 is 0 Å². The standard InChI is InChI=1S/C24H31N2S/c1-15-16(2)26(7)23(21(27-8)14-25-6)19-13-20(24(3,4)5)17-11-9-10-12-18(17)22(15)19/h9-16H,6H2,1-5,7-8H3/q+1. The van der Waals surface area contributed by atoms with Crippen LogP contribution in [0.4, 0.5) is 0 Å². The Morgan fingerprint density at radius 1 is 1.19 bits per heavy atom. The van der Waals surface area contributed by atoms with Crippen LogP contribution in [0.25, 0.3) is 10.8 Å². The van der Waals surface area contributed by atoms with Gasteiger partial charge in [-0.1, -0.05) is 52.0 Å². The first-order valence-corrected chi connectivity index (χ1v) is 10.8. The van der Waals surface area contributed by atoms with E-state index >= 15 is 0 Å². The summed E-state index contributed by atoms with van der Waals surface area (Å²) in [6, 6.07) is 11.7. The molecule has 0 aromatic heterocycles. The zero-order chi connectivity index (χ0) is 19.9. The molecule has 2 unspecified atom stereocenters. The summed E-state index contributed by atoms with van der Waals surface area (Å²) in [5.41, 5.74) is 5.55. The van der Waals surface area contributed by atoms with E-state index in [0.717, 1.165) is 0 Å². The number of benzene rings is 2. The van der Waals surface area contributed by atoms with Gasteiger partial charge in [0.25, 0.3) is 0 Å². The van der Waals surface area contributed by atoms with Crippen LogP contribution in [0.2, 0.25) is 0 Å². The molecule has 1 heterocycles. The van der Waals surface area contributed by atoms with Crippen LogP contribution in [0.15, 0.2) is 46.4 Å². The van der Waals surface area contributed by atoms with Gasteiger partial charge in [0.15, 0.2) is 6.04 Å². The van der Waals surface area contributed by atoms with Crippen molar-refractivity contribution in [1.29, 1.82) is 0 Å². The van der Waals surface area contributed by atoms with Crippen molar-refractivity contribution >= 4 is 35.0 Å². The van der Waals surface area contributed by atoms with E-state index in [-0.39, 0.29) is 5.41 Å². The van der Waals surface area contributed by atoms with Crippen molar-refractivity contribution in [3.63, 3.8) is 0 Å². The minimum absolute atomic E-state index is 0.0739. The Balaban J connectivity index is 2.50. The van der Waals surface area contributed by atoms with Crippen LogP contribution >= 0.6 is 11.8 Å². The molecular formula is C24H31N2S+. The molecular weight excluding hydrogens is 348 g/mol. The molecule has 1 aliphatic heterocycles. The Hall–Kier alpha value is -1.87. The number of nitrogens with zero attached hydrogens (tertiary/aromatic N) is 2. The number of allylic oxidation sites excluding steroid dienone is 1. The van der Waals surface area contributed by atoms with E-state index in [4.69, 9.17) is 0 Å². The molecule has 27 heavy (non-hydrogen) atoms. The lowest BCUT2D eigenvalue weighted by atomic mass is 9.75. The summed E-state index contributed by atoms with van der Waals surface area (Å²) in [5.74, 6) is 0.451. The van der Waals surface area contributed by atoms with E-state index in [1.807, 2.05) is 6.20 Å². The molecule has 0 fully saturated rings. The lowest BCUT2D eigenvalue weighted by molar-refractivity contribution is -0.538. The summed E-state index contributed by atoms with van der Waals surface area (Å²) >= 11 is 1.74. The molecule has 142 valence electrons. The lowest BCUT2D eigenvalue weighted by Gasteiger charge is -2.31.